The maximum absolute atomic E-state index is 3.78. The molecule has 0 amide bonds. The Kier molecular flexibility index (Phi) is 13.8. The fourth-order valence-corrected chi connectivity index (χ4v) is 2.43. The largest absolute Gasteiger partial charge is 0.314 e. The summed E-state index contributed by atoms with van der Waals surface area (Å²) in [5.74, 6) is 0. The van der Waals surface area contributed by atoms with E-state index in [4.69, 9.17) is 0 Å². The lowest BCUT2D eigenvalue weighted by Gasteiger charge is -2.23. The third-order valence-corrected chi connectivity index (χ3v) is 3.83. The number of nitrogens with zero attached hydrogens (tertiary/aromatic N) is 1. The highest BCUT2D eigenvalue weighted by atomic mass is 15.1. The molecule has 0 aromatic heterocycles. The smallest absolute Gasteiger partial charge is 0.00792 e. The van der Waals surface area contributed by atoms with Crippen molar-refractivity contribution < 1.29 is 0 Å². The Morgan fingerprint density at radius 1 is 1.05 bits per heavy atom. The van der Waals surface area contributed by atoms with Gasteiger partial charge in [-0.25, -0.2) is 0 Å². The van der Waals surface area contributed by atoms with Crippen LogP contribution in [-0.4, -0.2) is 37.1 Å². The summed E-state index contributed by atoms with van der Waals surface area (Å²) in [5.41, 5.74) is 0. The van der Waals surface area contributed by atoms with E-state index in [1.54, 1.807) is 0 Å². The van der Waals surface area contributed by atoms with Crippen molar-refractivity contribution >= 4 is 0 Å². The van der Waals surface area contributed by atoms with Crippen molar-refractivity contribution in [3.63, 3.8) is 0 Å². The van der Waals surface area contributed by atoms with Gasteiger partial charge >= 0.3 is 0 Å². The van der Waals surface area contributed by atoms with Crippen molar-refractivity contribution in [2.24, 2.45) is 0 Å². The quantitative estimate of drug-likeness (QED) is 0.375. The van der Waals surface area contributed by atoms with Gasteiger partial charge in [0.25, 0.3) is 0 Å². The molecule has 0 bridgehead atoms. The van der Waals surface area contributed by atoms with Crippen LogP contribution in [0.2, 0.25) is 0 Å². The van der Waals surface area contributed by atoms with Crippen LogP contribution >= 0.6 is 0 Å². The highest BCUT2D eigenvalue weighted by Gasteiger charge is 2.09. The maximum atomic E-state index is 3.78. The lowest BCUT2D eigenvalue weighted by Crippen LogP contribution is -2.34. The van der Waals surface area contributed by atoms with Gasteiger partial charge in [0.2, 0.25) is 0 Å². The molecule has 1 atom stereocenters. The highest BCUT2D eigenvalue weighted by Crippen LogP contribution is 2.09. The van der Waals surface area contributed by atoms with Crippen LogP contribution in [0.1, 0.15) is 65.7 Å². The lowest BCUT2D eigenvalue weighted by atomic mass is 10.0. The van der Waals surface area contributed by atoms with Crippen LogP contribution in [0.5, 0.6) is 0 Å². The lowest BCUT2D eigenvalue weighted by molar-refractivity contribution is 0.275. The van der Waals surface area contributed by atoms with Gasteiger partial charge in [0, 0.05) is 6.04 Å². The fourth-order valence-electron chi connectivity index (χ4n) is 2.43. The number of hydrogen-bond acceptors (Lipinski definition) is 2. The molecular weight excluding hydrogens is 232 g/mol. The first-order valence-corrected chi connectivity index (χ1v) is 8.35. The molecule has 114 valence electrons. The molecule has 19 heavy (non-hydrogen) atoms. The molecule has 1 N–H and O–H groups in total. The van der Waals surface area contributed by atoms with Crippen molar-refractivity contribution in [1.82, 2.24) is 10.2 Å². The van der Waals surface area contributed by atoms with Crippen LogP contribution in [0.3, 0.4) is 0 Å². The molecule has 0 aliphatic carbocycles. The van der Waals surface area contributed by atoms with E-state index in [1.807, 2.05) is 6.08 Å². The summed E-state index contributed by atoms with van der Waals surface area (Å²) >= 11 is 0. The number of rotatable bonds is 14. The zero-order chi connectivity index (χ0) is 14.3. The van der Waals surface area contributed by atoms with Crippen LogP contribution in [0.4, 0.5) is 0 Å². The number of nitrogens with one attached hydrogen (secondary N) is 1. The first-order valence-electron chi connectivity index (χ1n) is 8.35. The molecule has 0 fully saturated rings. The SMILES string of the molecule is C=CCCCCCC(CCN(CC)CC)NCCC. The van der Waals surface area contributed by atoms with Crippen molar-refractivity contribution in [3.8, 4) is 0 Å². The van der Waals surface area contributed by atoms with Crippen molar-refractivity contribution in [2.75, 3.05) is 26.2 Å². The van der Waals surface area contributed by atoms with E-state index in [0.29, 0.717) is 6.04 Å². The number of unbranched alkanes of at least 4 members (excludes halogenated alkanes) is 3. The molecular formula is C17H36N2. The van der Waals surface area contributed by atoms with Gasteiger partial charge < -0.3 is 10.2 Å². The predicted octanol–water partition coefficient (Wildman–Crippen LogP) is 4.22. The second-order valence-electron chi connectivity index (χ2n) is 5.39. The normalized spacial score (nSPS) is 12.8. The molecule has 0 spiro atoms. The highest BCUT2D eigenvalue weighted by molar-refractivity contribution is 4.70. The monoisotopic (exact) mass is 268 g/mol. The molecule has 1 unspecified atom stereocenters. The third kappa shape index (κ3) is 11.2. The van der Waals surface area contributed by atoms with Gasteiger partial charge in [0.1, 0.15) is 0 Å². The molecule has 0 aliphatic heterocycles. The summed E-state index contributed by atoms with van der Waals surface area (Å²) in [4.78, 5) is 2.53. The Morgan fingerprint density at radius 3 is 2.37 bits per heavy atom. The molecule has 2 nitrogen and oxygen atoms in total. The van der Waals surface area contributed by atoms with Gasteiger partial charge in [-0.15, -0.1) is 6.58 Å². The number of hydrogen-bond donors (Lipinski definition) is 1. The Balaban J connectivity index is 3.83. The molecule has 0 aliphatic rings. The Bertz CT molecular complexity index is 188. The standard InChI is InChI=1S/C17H36N2/c1-5-9-10-11-12-13-17(18-15-6-2)14-16-19(7-3)8-4/h5,17-18H,1,6-16H2,2-4H3. The van der Waals surface area contributed by atoms with E-state index in [1.165, 1.54) is 64.6 Å². The van der Waals surface area contributed by atoms with Gasteiger partial charge in [0.15, 0.2) is 0 Å². The van der Waals surface area contributed by atoms with E-state index in [2.05, 4.69) is 37.6 Å². The Labute approximate surface area is 121 Å². The van der Waals surface area contributed by atoms with Crippen LogP contribution in [0.15, 0.2) is 12.7 Å². The van der Waals surface area contributed by atoms with Gasteiger partial charge in [-0.3, -0.25) is 0 Å². The topological polar surface area (TPSA) is 15.3 Å². The van der Waals surface area contributed by atoms with E-state index in [-0.39, 0.29) is 0 Å². The molecule has 0 aromatic rings. The molecule has 0 saturated carbocycles. The minimum Gasteiger partial charge on any atom is -0.314 e. The van der Waals surface area contributed by atoms with Crippen LogP contribution in [-0.2, 0) is 0 Å². The summed E-state index contributed by atoms with van der Waals surface area (Å²) in [5, 5.41) is 3.72. The van der Waals surface area contributed by atoms with Crippen molar-refractivity contribution in [1.29, 1.82) is 0 Å². The second kappa shape index (κ2) is 14.1. The van der Waals surface area contributed by atoms with Crippen LogP contribution in [0, 0.1) is 0 Å². The average molecular weight is 268 g/mol. The second-order valence-corrected chi connectivity index (χ2v) is 5.39. The van der Waals surface area contributed by atoms with E-state index >= 15 is 0 Å². The first kappa shape index (κ1) is 18.7. The third-order valence-electron chi connectivity index (χ3n) is 3.83. The van der Waals surface area contributed by atoms with Crippen LogP contribution in [0.25, 0.3) is 0 Å². The zero-order valence-corrected chi connectivity index (χ0v) is 13.6. The Morgan fingerprint density at radius 2 is 1.79 bits per heavy atom. The average Bonchev–Trinajstić information content (AvgIpc) is 2.44. The van der Waals surface area contributed by atoms with Gasteiger partial charge in [-0.1, -0.05) is 39.7 Å². The summed E-state index contributed by atoms with van der Waals surface area (Å²) in [6.45, 7) is 15.3. The Hall–Kier alpha value is -0.340. The molecule has 0 rings (SSSR count). The maximum Gasteiger partial charge on any atom is 0.00792 e. The summed E-state index contributed by atoms with van der Waals surface area (Å²) in [6.07, 6.45) is 11.1. The van der Waals surface area contributed by atoms with Gasteiger partial charge in [-0.05, 0) is 58.3 Å². The van der Waals surface area contributed by atoms with E-state index in [9.17, 15) is 0 Å². The van der Waals surface area contributed by atoms with E-state index < -0.39 is 0 Å². The molecule has 0 aromatic carbocycles. The molecule has 0 radical (unpaired) electrons. The molecule has 0 saturated heterocycles. The number of allylic oxidation sites excluding steroid dienone is 1. The van der Waals surface area contributed by atoms with E-state index in [0.717, 1.165) is 6.54 Å². The van der Waals surface area contributed by atoms with Gasteiger partial charge in [0.05, 0.1) is 0 Å². The first-order chi connectivity index (χ1) is 9.28. The zero-order valence-electron chi connectivity index (χ0n) is 13.6. The van der Waals surface area contributed by atoms with Crippen molar-refractivity contribution in [3.05, 3.63) is 12.7 Å². The minimum atomic E-state index is 0.712. The summed E-state index contributed by atoms with van der Waals surface area (Å²) in [7, 11) is 0. The minimum absolute atomic E-state index is 0.712. The van der Waals surface area contributed by atoms with Crippen LogP contribution < -0.4 is 5.32 Å². The predicted molar refractivity (Wildman–Crippen MR) is 87.8 cm³/mol. The molecule has 0 heterocycles. The fraction of sp³-hybridized carbons (Fsp3) is 0.882. The van der Waals surface area contributed by atoms with Gasteiger partial charge in [-0.2, -0.15) is 0 Å². The summed E-state index contributed by atoms with van der Waals surface area (Å²) in [6, 6.07) is 0.712. The summed E-state index contributed by atoms with van der Waals surface area (Å²) < 4.78 is 0. The van der Waals surface area contributed by atoms with Crippen molar-refractivity contribution in [2.45, 2.75) is 71.8 Å². The molecule has 2 heteroatoms.